The van der Waals surface area contributed by atoms with Crippen molar-refractivity contribution < 1.29 is 13.2 Å². The highest BCUT2D eigenvalue weighted by molar-refractivity contribution is 7.89. The van der Waals surface area contributed by atoms with E-state index in [4.69, 9.17) is 11.6 Å². The Kier molecular flexibility index (Phi) is 5.63. The number of aromatic amines is 1. The summed E-state index contributed by atoms with van der Waals surface area (Å²) in [7, 11) is -3.69. The minimum absolute atomic E-state index is 0.00894. The molecule has 29 heavy (non-hydrogen) atoms. The Labute approximate surface area is 174 Å². The van der Waals surface area contributed by atoms with Crippen molar-refractivity contribution in [2.75, 3.05) is 19.6 Å². The molecule has 1 amide bonds. The number of carbonyl (C=O) groups is 1. The average molecular weight is 432 g/mol. The second-order valence-electron chi connectivity index (χ2n) is 7.12. The van der Waals surface area contributed by atoms with Crippen molar-refractivity contribution in [2.24, 2.45) is 0 Å². The van der Waals surface area contributed by atoms with Crippen LogP contribution >= 0.6 is 11.6 Å². The quantitative estimate of drug-likeness (QED) is 0.625. The van der Waals surface area contributed by atoms with Crippen LogP contribution in [0.5, 0.6) is 0 Å². The molecule has 2 N–H and O–H groups in total. The van der Waals surface area contributed by atoms with Gasteiger partial charge in [-0.3, -0.25) is 4.79 Å². The summed E-state index contributed by atoms with van der Waals surface area (Å²) in [6.45, 7) is 1.41. The first-order chi connectivity index (χ1) is 14.0. The Balaban J connectivity index is 1.46. The molecule has 3 aromatic rings. The van der Waals surface area contributed by atoms with E-state index < -0.39 is 10.0 Å². The fourth-order valence-corrected chi connectivity index (χ4v) is 5.68. The summed E-state index contributed by atoms with van der Waals surface area (Å²) in [5.74, 6) is -0.320. The number of hydrogen-bond acceptors (Lipinski definition) is 3. The maximum Gasteiger partial charge on any atom is 0.251 e. The van der Waals surface area contributed by atoms with E-state index in [0.29, 0.717) is 26.1 Å². The van der Waals surface area contributed by atoms with Gasteiger partial charge in [0.05, 0.1) is 5.02 Å². The Morgan fingerprint density at radius 3 is 2.69 bits per heavy atom. The average Bonchev–Trinajstić information content (AvgIpc) is 3.39. The summed E-state index contributed by atoms with van der Waals surface area (Å²) in [4.78, 5) is 15.8. The molecule has 2 aromatic carbocycles. The lowest BCUT2D eigenvalue weighted by Crippen LogP contribution is -2.29. The zero-order valence-corrected chi connectivity index (χ0v) is 17.4. The normalized spacial score (nSPS) is 15.1. The fourth-order valence-electron chi connectivity index (χ4n) is 3.66. The van der Waals surface area contributed by atoms with Gasteiger partial charge in [0.25, 0.3) is 5.91 Å². The highest BCUT2D eigenvalue weighted by Crippen LogP contribution is 2.28. The standard InChI is InChI=1S/C21H22ClN3O3S/c22-18-8-7-15(13-20(18)29(27,28)25-11-3-4-12-25)21(26)23-10-9-16-14-24-19-6-2-1-5-17(16)19/h1-2,5-8,13-14,24H,3-4,9-12H2,(H,23,26). The van der Waals surface area contributed by atoms with E-state index in [0.717, 1.165) is 29.3 Å². The van der Waals surface area contributed by atoms with Crippen LogP contribution in [0.25, 0.3) is 10.9 Å². The van der Waals surface area contributed by atoms with Crippen molar-refractivity contribution in [3.05, 3.63) is 64.8 Å². The van der Waals surface area contributed by atoms with Crippen molar-refractivity contribution in [1.82, 2.24) is 14.6 Å². The van der Waals surface area contributed by atoms with Gasteiger partial charge in [-0.1, -0.05) is 29.8 Å². The van der Waals surface area contributed by atoms with Gasteiger partial charge < -0.3 is 10.3 Å². The van der Waals surface area contributed by atoms with Gasteiger partial charge in [-0.15, -0.1) is 0 Å². The first-order valence-electron chi connectivity index (χ1n) is 9.60. The molecule has 0 bridgehead atoms. The van der Waals surface area contributed by atoms with Crippen molar-refractivity contribution >= 4 is 38.4 Å². The minimum Gasteiger partial charge on any atom is -0.361 e. The van der Waals surface area contributed by atoms with Gasteiger partial charge in [-0.25, -0.2) is 8.42 Å². The van der Waals surface area contributed by atoms with E-state index in [1.54, 1.807) is 6.07 Å². The van der Waals surface area contributed by atoms with Crippen LogP contribution in [0.15, 0.2) is 53.6 Å². The molecule has 0 atom stereocenters. The van der Waals surface area contributed by atoms with Crippen LogP contribution in [0.4, 0.5) is 0 Å². The van der Waals surface area contributed by atoms with Gasteiger partial charge in [0, 0.05) is 42.3 Å². The molecular weight excluding hydrogens is 410 g/mol. The summed E-state index contributed by atoms with van der Waals surface area (Å²) >= 11 is 6.15. The van der Waals surface area contributed by atoms with Gasteiger partial charge >= 0.3 is 0 Å². The smallest absolute Gasteiger partial charge is 0.251 e. The first kappa shape index (κ1) is 19.9. The molecule has 0 saturated carbocycles. The lowest BCUT2D eigenvalue weighted by Gasteiger charge is -2.17. The molecule has 0 radical (unpaired) electrons. The third-order valence-electron chi connectivity index (χ3n) is 5.23. The molecule has 1 aliphatic heterocycles. The van der Waals surface area contributed by atoms with Gasteiger partial charge in [-0.2, -0.15) is 4.31 Å². The molecule has 1 aromatic heterocycles. The SMILES string of the molecule is O=C(NCCc1c[nH]c2ccccc12)c1ccc(Cl)c(S(=O)(=O)N2CCCC2)c1. The third kappa shape index (κ3) is 4.03. The molecule has 0 spiro atoms. The number of halogens is 1. The number of fused-ring (bicyclic) bond motifs is 1. The molecule has 0 aliphatic carbocycles. The largest absolute Gasteiger partial charge is 0.361 e. The number of sulfonamides is 1. The lowest BCUT2D eigenvalue weighted by molar-refractivity contribution is 0.0954. The van der Waals surface area contributed by atoms with Crippen molar-refractivity contribution in [3.63, 3.8) is 0 Å². The van der Waals surface area contributed by atoms with Crippen LogP contribution in [0, 0.1) is 0 Å². The summed E-state index contributed by atoms with van der Waals surface area (Å²) in [5, 5.41) is 4.13. The van der Waals surface area contributed by atoms with E-state index in [1.165, 1.54) is 16.4 Å². The number of H-pyrrole nitrogens is 1. The van der Waals surface area contributed by atoms with Crippen LogP contribution in [0.2, 0.25) is 5.02 Å². The summed E-state index contributed by atoms with van der Waals surface area (Å²) in [6.07, 6.45) is 4.29. The summed E-state index contributed by atoms with van der Waals surface area (Å²) in [5.41, 5.74) is 2.46. The van der Waals surface area contributed by atoms with Crippen LogP contribution in [0.3, 0.4) is 0 Å². The van der Waals surface area contributed by atoms with E-state index in [2.05, 4.69) is 10.3 Å². The monoisotopic (exact) mass is 431 g/mol. The van der Waals surface area contributed by atoms with E-state index >= 15 is 0 Å². The molecule has 6 nitrogen and oxygen atoms in total. The highest BCUT2D eigenvalue weighted by atomic mass is 35.5. The second kappa shape index (κ2) is 8.18. The van der Waals surface area contributed by atoms with Gasteiger partial charge in [-0.05, 0) is 49.1 Å². The van der Waals surface area contributed by atoms with Crippen molar-refractivity contribution in [1.29, 1.82) is 0 Å². The number of carbonyl (C=O) groups excluding carboxylic acids is 1. The maximum absolute atomic E-state index is 12.8. The third-order valence-corrected chi connectivity index (χ3v) is 7.61. The Morgan fingerprint density at radius 2 is 1.90 bits per heavy atom. The van der Waals surface area contributed by atoms with Gasteiger partial charge in [0.2, 0.25) is 10.0 Å². The molecule has 1 fully saturated rings. The second-order valence-corrected chi connectivity index (χ2v) is 9.44. The fraction of sp³-hybridized carbons (Fsp3) is 0.286. The van der Waals surface area contributed by atoms with E-state index in [1.807, 2.05) is 30.5 Å². The molecule has 2 heterocycles. The molecule has 152 valence electrons. The predicted molar refractivity (Wildman–Crippen MR) is 114 cm³/mol. The maximum atomic E-state index is 12.8. The van der Waals surface area contributed by atoms with Crippen LogP contribution < -0.4 is 5.32 Å². The first-order valence-corrected chi connectivity index (χ1v) is 11.4. The Hall–Kier alpha value is -2.35. The summed E-state index contributed by atoms with van der Waals surface area (Å²) < 4.78 is 27.1. The number of nitrogens with one attached hydrogen (secondary N) is 2. The number of rotatable bonds is 6. The number of aromatic nitrogens is 1. The number of para-hydroxylation sites is 1. The van der Waals surface area contributed by atoms with E-state index in [-0.39, 0.29) is 21.4 Å². The van der Waals surface area contributed by atoms with Crippen molar-refractivity contribution in [2.45, 2.75) is 24.2 Å². The predicted octanol–water partition coefficient (Wildman–Crippen LogP) is 3.58. The Morgan fingerprint density at radius 1 is 1.14 bits per heavy atom. The molecule has 1 saturated heterocycles. The number of nitrogens with zero attached hydrogens (tertiary/aromatic N) is 1. The topological polar surface area (TPSA) is 82.3 Å². The number of hydrogen-bond donors (Lipinski definition) is 2. The van der Waals surface area contributed by atoms with Crippen LogP contribution in [0.1, 0.15) is 28.8 Å². The lowest BCUT2D eigenvalue weighted by atomic mass is 10.1. The molecule has 8 heteroatoms. The number of benzene rings is 2. The highest BCUT2D eigenvalue weighted by Gasteiger charge is 2.29. The number of amides is 1. The minimum atomic E-state index is -3.69. The van der Waals surface area contributed by atoms with Crippen LogP contribution in [-0.4, -0.2) is 43.2 Å². The Bertz CT molecular complexity index is 1150. The molecular formula is C21H22ClN3O3S. The zero-order valence-electron chi connectivity index (χ0n) is 15.8. The molecule has 4 rings (SSSR count). The van der Waals surface area contributed by atoms with Crippen LogP contribution in [-0.2, 0) is 16.4 Å². The van der Waals surface area contributed by atoms with Gasteiger partial charge in [0.15, 0.2) is 0 Å². The van der Waals surface area contributed by atoms with E-state index in [9.17, 15) is 13.2 Å². The molecule has 1 aliphatic rings. The van der Waals surface area contributed by atoms with Crippen molar-refractivity contribution in [3.8, 4) is 0 Å². The summed E-state index contributed by atoms with van der Waals surface area (Å²) in [6, 6.07) is 12.4. The molecule has 0 unspecified atom stereocenters. The van der Waals surface area contributed by atoms with Gasteiger partial charge in [0.1, 0.15) is 4.90 Å². The zero-order chi connectivity index (χ0) is 20.4.